The molecule has 0 bridgehead atoms. The Balaban J connectivity index is 1.26. The number of methoxy groups -OCH3 is 1. The van der Waals surface area contributed by atoms with Crippen molar-refractivity contribution in [3.8, 4) is 11.6 Å². The molecule has 2 aliphatic rings. The van der Waals surface area contributed by atoms with E-state index in [1.165, 1.54) is 18.2 Å². The number of nitrogens with zero attached hydrogens (tertiary/aromatic N) is 6. The third kappa shape index (κ3) is 6.18. The molecule has 1 amide bonds. The van der Waals surface area contributed by atoms with Crippen LogP contribution in [0, 0.1) is 5.82 Å². The molecule has 10 nitrogen and oxygen atoms in total. The first-order valence-electron chi connectivity index (χ1n) is 14.6. The highest BCUT2D eigenvalue weighted by atomic mass is 19.1. The van der Waals surface area contributed by atoms with Crippen LogP contribution in [0.15, 0.2) is 67.5 Å². The lowest BCUT2D eigenvalue weighted by molar-refractivity contribution is -0.111. The van der Waals surface area contributed by atoms with Crippen molar-refractivity contribution >= 4 is 39.8 Å². The molecule has 0 radical (unpaired) electrons. The molecule has 2 N–H and O–H groups in total. The lowest BCUT2D eigenvalue weighted by atomic mass is 10.0. The first kappa shape index (κ1) is 28.6. The zero-order valence-electron chi connectivity index (χ0n) is 24.6. The fraction of sp³-hybridized carbons (Fsp3) is 0.344. The Morgan fingerprint density at radius 1 is 1.05 bits per heavy atom. The smallest absolute Gasteiger partial charge is 0.247 e. The number of likely N-dealkylation sites (N-methyl/N-ethyl adjacent to an activating group) is 1. The SMILES string of the molecule is C=CC(=O)Nc1cc(Nc2nccc(-n3ccc4ccc(F)cc43)n2)c(OC)cc1N1CCC(N2CCN(C)CC2)CC1. The average molecular weight is 585 g/mol. The lowest BCUT2D eigenvalue weighted by Gasteiger charge is -2.43. The number of aromatic nitrogens is 3. The minimum absolute atomic E-state index is 0.297. The second kappa shape index (κ2) is 12.4. The van der Waals surface area contributed by atoms with Gasteiger partial charge in [-0.05, 0) is 62.4 Å². The van der Waals surface area contributed by atoms with Crippen molar-refractivity contribution in [1.29, 1.82) is 0 Å². The van der Waals surface area contributed by atoms with Gasteiger partial charge < -0.3 is 29.7 Å². The largest absolute Gasteiger partial charge is 0.494 e. The molecule has 0 atom stereocenters. The van der Waals surface area contributed by atoms with E-state index >= 15 is 0 Å². The minimum atomic E-state index is -0.317. The Kier molecular flexibility index (Phi) is 8.26. The van der Waals surface area contributed by atoms with Gasteiger partial charge in [0.25, 0.3) is 0 Å². The number of carbonyl (C=O) groups is 1. The van der Waals surface area contributed by atoms with E-state index in [0.717, 1.165) is 63.2 Å². The molecule has 2 aromatic heterocycles. The number of amides is 1. The van der Waals surface area contributed by atoms with Crippen LogP contribution in [0.2, 0.25) is 0 Å². The maximum atomic E-state index is 14.0. The van der Waals surface area contributed by atoms with E-state index < -0.39 is 0 Å². The van der Waals surface area contributed by atoms with E-state index in [0.29, 0.717) is 40.4 Å². The molecule has 0 saturated carbocycles. The zero-order valence-corrected chi connectivity index (χ0v) is 24.6. The van der Waals surface area contributed by atoms with Crippen molar-refractivity contribution < 1.29 is 13.9 Å². The number of nitrogens with one attached hydrogen (secondary N) is 2. The zero-order chi connectivity index (χ0) is 29.9. The molecule has 0 aliphatic carbocycles. The van der Waals surface area contributed by atoms with Crippen molar-refractivity contribution in [2.45, 2.75) is 18.9 Å². The van der Waals surface area contributed by atoms with Gasteiger partial charge in [0, 0.05) is 69.2 Å². The molecule has 0 spiro atoms. The molecule has 2 fully saturated rings. The summed E-state index contributed by atoms with van der Waals surface area (Å²) in [5.74, 6) is 0.889. The predicted molar refractivity (Wildman–Crippen MR) is 168 cm³/mol. The average Bonchev–Trinajstić information content (AvgIpc) is 3.45. The van der Waals surface area contributed by atoms with E-state index in [1.54, 1.807) is 25.4 Å². The third-order valence-electron chi connectivity index (χ3n) is 8.41. The van der Waals surface area contributed by atoms with Gasteiger partial charge in [0.15, 0.2) is 0 Å². The van der Waals surface area contributed by atoms with Gasteiger partial charge in [0.2, 0.25) is 11.9 Å². The molecule has 43 heavy (non-hydrogen) atoms. The summed E-state index contributed by atoms with van der Waals surface area (Å²) in [6.45, 7) is 9.81. The standard InChI is InChI=1S/C32H37FN8O2/c1-4-31(42)35-25-20-26(36-32-34-11-7-30(37-32)41-14-8-22-5-6-23(33)19-27(22)41)29(43-3)21-28(25)40-12-9-24(10-13-40)39-17-15-38(2)16-18-39/h4-8,11,14,19-21,24H,1,9-10,12-13,15-18H2,2-3H3,(H,35,42)(H,34,36,37). The van der Waals surface area contributed by atoms with E-state index in [9.17, 15) is 9.18 Å². The molecule has 11 heteroatoms. The topological polar surface area (TPSA) is 90.8 Å². The highest BCUT2D eigenvalue weighted by molar-refractivity contribution is 6.02. The number of hydrogen-bond donors (Lipinski definition) is 2. The number of piperazine rings is 1. The van der Waals surface area contributed by atoms with E-state index in [-0.39, 0.29) is 11.7 Å². The Morgan fingerprint density at radius 3 is 2.58 bits per heavy atom. The van der Waals surface area contributed by atoms with Crippen LogP contribution in [0.25, 0.3) is 16.7 Å². The number of fused-ring (bicyclic) bond motifs is 1. The van der Waals surface area contributed by atoms with E-state index in [4.69, 9.17) is 4.74 Å². The van der Waals surface area contributed by atoms with Crippen LogP contribution in [-0.4, -0.2) is 89.7 Å². The first-order valence-corrected chi connectivity index (χ1v) is 14.6. The fourth-order valence-corrected chi connectivity index (χ4v) is 6.01. The number of benzene rings is 2. The molecule has 2 aromatic carbocycles. The lowest BCUT2D eigenvalue weighted by Crippen LogP contribution is -2.52. The van der Waals surface area contributed by atoms with Gasteiger partial charge in [-0.2, -0.15) is 4.98 Å². The van der Waals surface area contributed by atoms with Gasteiger partial charge in [-0.15, -0.1) is 0 Å². The van der Waals surface area contributed by atoms with E-state index in [2.05, 4.69) is 48.9 Å². The molecule has 4 aromatic rings. The summed E-state index contributed by atoms with van der Waals surface area (Å²) in [7, 11) is 3.80. The van der Waals surface area contributed by atoms with Gasteiger partial charge in [-0.3, -0.25) is 9.69 Å². The number of carbonyl (C=O) groups excluding carboxylic acids is 1. The number of anilines is 4. The molecular weight excluding hydrogens is 547 g/mol. The number of halogens is 1. The van der Waals surface area contributed by atoms with E-state index in [1.807, 2.05) is 29.0 Å². The van der Waals surface area contributed by atoms with Crippen molar-refractivity contribution in [1.82, 2.24) is 24.3 Å². The number of piperidine rings is 1. The Hall–Kier alpha value is -4.48. The van der Waals surface area contributed by atoms with Gasteiger partial charge in [-0.1, -0.05) is 6.58 Å². The molecular formula is C32H37FN8O2. The Morgan fingerprint density at radius 2 is 1.84 bits per heavy atom. The van der Waals surface area contributed by atoms with Crippen molar-refractivity contribution in [2.75, 3.05) is 69.0 Å². The predicted octanol–water partition coefficient (Wildman–Crippen LogP) is 4.65. The maximum Gasteiger partial charge on any atom is 0.247 e. The first-order chi connectivity index (χ1) is 20.9. The third-order valence-corrected chi connectivity index (χ3v) is 8.41. The second-order valence-electron chi connectivity index (χ2n) is 11.1. The highest BCUT2D eigenvalue weighted by Gasteiger charge is 2.28. The summed E-state index contributed by atoms with van der Waals surface area (Å²) >= 11 is 0. The summed E-state index contributed by atoms with van der Waals surface area (Å²) in [4.78, 5) is 28.9. The molecule has 2 saturated heterocycles. The molecule has 0 unspecified atom stereocenters. The summed E-state index contributed by atoms with van der Waals surface area (Å²) in [5, 5.41) is 7.15. The van der Waals surface area contributed by atoms with Crippen LogP contribution in [0.5, 0.6) is 5.75 Å². The van der Waals surface area contributed by atoms with Crippen LogP contribution in [0.3, 0.4) is 0 Å². The quantitative estimate of drug-likeness (QED) is 0.289. The van der Waals surface area contributed by atoms with Crippen molar-refractivity contribution in [3.05, 3.63) is 73.3 Å². The number of ether oxygens (including phenoxy) is 1. The van der Waals surface area contributed by atoms with Gasteiger partial charge in [0.05, 0.1) is 29.7 Å². The van der Waals surface area contributed by atoms with Gasteiger partial charge >= 0.3 is 0 Å². The maximum absolute atomic E-state index is 14.0. The van der Waals surface area contributed by atoms with Gasteiger partial charge in [0.1, 0.15) is 17.4 Å². The van der Waals surface area contributed by atoms with Crippen LogP contribution >= 0.6 is 0 Å². The number of rotatable bonds is 8. The summed E-state index contributed by atoms with van der Waals surface area (Å²) in [6, 6.07) is 12.7. The monoisotopic (exact) mass is 584 g/mol. The molecule has 4 heterocycles. The van der Waals surface area contributed by atoms with Crippen LogP contribution in [0.4, 0.5) is 27.4 Å². The Labute approximate surface area is 250 Å². The minimum Gasteiger partial charge on any atom is -0.494 e. The van der Waals surface area contributed by atoms with Crippen LogP contribution in [0.1, 0.15) is 12.8 Å². The highest BCUT2D eigenvalue weighted by Crippen LogP contribution is 2.39. The summed E-state index contributed by atoms with van der Waals surface area (Å²) in [5.41, 5.74) is 2.84. The Bertz CT molecular complexity index is 1620. The second-order valence-corrected chi connectivity index (χ2v) is 11.1. The molecule has 224 valence electrons. The molecule has 6 rings (SSSR count). The van der Waals surface area contributed by atoms with Crippen molar-refractivity contribution in [3.63, 3.8) is 0 Å². The number of hydrogen-bond acceptors (Lipinski definition) is 8. The normalized spacial score (nSPS) is 16.8. The summed E-state index contributed by atoms with van der Waals surface area (Å²) in [6.07, 6.45) is 6.86. The van der Waals surface area contributed by atoms with Crippen molar-refractivity contribution in [2.24, 2.45) is 0 Å². The van der Waals surface area contributed by atoms with Gasteiger partial charge in [-0.25, -0.2) is 9.37 Å². The van der Waals surface area contributed by atoms with Crippen LogP contribution in [-0.2, 0) is 4.79 Å². The fourth-order valence-electron chi connectivity index (χ4n) is 6.01. The molecule has 2 aliphatic heterocycles. The van der Waals surface area contributed by atoms with Crippen LogP contribution < -0.4 is 20.3 Å². The summed E-state index contributed by atoms with van der Waals surface area (Å²) < 4.78 is 21.6.